The maximum atomic E-state index is 12.4. The van der Waals surface area contributed by atoms with Crippen molar-refractivity contribution in [3.8, 4) is 0 Å². The van der Waals surface area contributed by atoms with Crippen molar-refractivity contribution in [2.24, 2.45) is 0 Å². The molecule has 1 aromatic heterocycles. The van der Waals surface area contributed by atoms with E-state index < -0.39 is 0 Å². The van der Waals surface area contributed by atoms with E-state index >= 15 is 0 Å². The van der Waals surface area contributed by atoms with E-state index in [9.17, 15) is 4.79 Å². The predicted molar refractivity (Wildman–Crippen MR) is 80.8 cm³/mol. The van der Waals surface area contributed by atoms with Crippen LogP contribution in [0.5, 0.6) is 0 Å². The Hall–Kier alpha value is -2.62. The quantitative estimate of drug-likeness (QED) is 0.730. The summed E-state index contributed by atoms with van der Waals surface area (Å²) in [6, 6.07) is 17.4. The fraction of sp³-hybridized carbons (Fsp3) is 0.125. The van der Waals surface area contributed by atoms with Gasteiger partial charge in [-0.3, -0.25) is 4.79 Å². The molecule has 2 aromatic carbocycles. The number of fused-ring (bicyclic) bond motifs is 1. The first-order valence-corrected chi connectivity index (χ1v) is 6.47. The number of hydrogen-bond donors (Lipinski definition) is 0. The molecule has 0 atom stereocenters. The number of hydrogen-bond acceptors (Lipinski definition) is 3. The van der Waals surface area contributed by atoms with Crippen LogP contribution in [-0.4, -0.2) is 16.8 Å². The molecule has 0 radical (unpaired) electrons. The van der Waals surface area contributed by atoms with Crippen LogP contribution in [0.2, 0.25) is 0 Å². The fourth-order valence-electron chi connectivity index (χ4n) is 2.19. The lowest BCUT2D eigenvalue weighted by atomic mass is 10.2. The minimum atomic E-state index is -0.0640. The molecule has 0 aliphatic rings. The van der Waals surface area contributed by atoms with Gasteiger partial charge in [0, 0.05) is 18.1 Å². The molecule has 0 bridgehead atoms. The van der Waals surface area contributed by atoms with Crippen LogP contribution >= 0.6 is 0 Å². The third-order valence-corrected chi connectivity index (χ3v) is 3.30. The molecule has 0 amide bonds. The zero-order valence-electron chi connectivity index (χ0n) is 11.2. The topological polar surface area (TPSA) is 38.1 Å². The lowest BCUT2D eigenvalue weighted by Crippen LogP contribution is -2.31. The van der Waals surface area contributed by atoms with E-state index in [1.165, 1.54) is 4.68 Å². The molecule has 0 aliphatic carbocycles. The van der Waals surface area contributed by atoms with Crippen LogP contribution in [0, 0.1) is 0 Å². The van der Waals surface area contributed by atoms with E-state index in [0.29, 0.717) is 12.1 Å². The highest BCUT2D eigenvalue weighted by atomic mass is 16.1. The summed E-state index contributed by atoms with van der Waals surface area (Å²) in [4.78, 5) is 14.4. The molecule has 0 aliphatic heterocycles. The van der Waals surface area contributed by atoms with E-state index in [1.807, 2.05) is 66.5 Å². The first kappa shape index (κ1) is 12.4. The molecule has 3 aromatic rings. The highest BCUT2D eigenvalue weighted by molar-refractivity contribution is 5.80. The maximum absolute atomic E-state index is 12.4. The molecule has 0 unspecified atom stereocenters. The Balaban J connectivity index is 1.96. The Labute approximate surface area is 116 Å². The average Bonchev–Trinajstić information content (AvgIpc) is 2.51. The van der Waals surface area contributed by atoms with Gasteiger partial charge in [-0.15, -0.1) is 0 Å². The zero-order valence-corrected chi connectivity index (χ0v) is 11.2. The van der Waals surface area contributed by atoms with Gasteiger partial charge in [0.15, 0.2) is 0 Å². The van der Waals surface area contributed by atoms with Crippen LogP contribution in [0.15, 0.2) is 65.6 Å². The second kappa shape index (κ2) is 5.17. The summed E-state index contributed by atoms with van der Waals surface area (Å²) in [7, 11) is 1.94. The lowest BCUT2D eigenvalue weighted by Gasteiger charge is -2.19. The van der Waals surface area contributed by atoms with Crippen molar-refractivity contribution in [3.63, 3.8) is 0 Å². The molecular formula is C16H15N3O. The molecule has 4 nitrogen and oxygen atoms in total. The van der Waals surface area contributed by atoms with Crippen LogP contribution in [0.4, 0.5) is 5.69 Å². The first-order chi connectivity index (χ1) is 9.75. The third-order valence-electron chi connectivity index (χ3n) is 3.30. The summed E-state index contributed by atoms with van der Waals surface area (Å²) in [5.41, 5.74) is 0.986. The van der Waals surface area contributed by atoms with E-state index in [2.05, 4.69) is 5.10 Å². The summed E-state index contributed by atoms with van der Waals surface area (Å²) >= 11 is 0. The third kappa shape index (κ3) is 2.28. The Kier molecular flexibility index (Phi) is 3.21. The number of nitrogens with zero attached hydrogens (tertiary/aromatic N) is 3. The van der Waals surface area contributed by atoms with Crippen molar-refractivity contribution in [1.29, 1.82) is 0 Å². The first-order valence-electron chi connectivity index (χ1n) is 6.47. The summed E-state index contributed by atoms with van der Waals surface area (Å²) in [5.74, 6) is 0. The second-order valence-electron chi connectivity index (χ2n) is 4.71. The van der Waals surface area contributed by atoms with E-state index in [4.69, 9.17) is 0 Å². The largest absolute Gasteiger partial charge is 0.355 e. The smallest absolute Gasteiger partial charge is 0.276 e. The molecule has 0 N–H and O–H groups in total. The van der Waals surface area contributed by atoms with Crippen LogP contribution in [0.1, 0.15) is 0 Å². The molecule has 100 valence electrons. The molecular weight excluding hydrogens is 250 g/mol. The van der Waals surface area contributed by atoms with Gasteiger partial charge in [-0.05, 0) is 18.2 Å². The van der Waals surface area contributed by atoms with Gasteiger partial charge in [0.2, 0.25) is 0 Å². The number of anilines is 1. The molecule has 0 saturated heterocycles. The number of rotatable bonds is 3. The molecule has 0 fully saturated rings. The minimum Gasteiger partial charge on any atom is -0.355 e. The number of benzene rings is 2. The Morgan fingerprint density at radius 3 is 2.55 bits per heavy atom. The van der Waals surface area contributed by atoms with Gasteiger partial charge < -0.3 is 4.90 Å². The van der Waals surface area contributed by atoms with Crippen molar-refractivity contribution in [2.45, 2.75) is 6.67 Å². The molecule has 1 heterocycles. The van der Waals surface area contributed by atoms with Gasteiger partial charge in [0.25, 0.3) is 5.56 Å². The van der Waals surface area contributed by atoms with Crippen molar-refractivity contribution in [1.82, 2.24) is 9.78 Å². The van der Waals surface area contributed by atoms with Crippen LogP contribution in [0.3, 0.4) is 0 Å². The van der Waals surface area contributed by atoms with E-state index in [-0.39, 0.29) is 5.56 Å². The molecule has 20 heavy (non-hydrogen) atoms. The SMILES string of the molecule is CN(Cn1ncc2ccccc2c1=O)c1ccccc1. The zero-order chi connectivity index (χ0) is 13.9. The van der Waals surface area contributed by atoms with Gasteiger partial charge in [-0.1, -0.05) is 36.4 Å². The van der Waals surface area contributed by atoms with Crippen LogP contribution in [-0.2, 0) is 6.67 Å². The lowest BCUT2D eigenvalue weighted by molar-refractivity contribution is 0.578. The fourth-order valence-corrected chi connectivity index (χ4v) is 2.19. The second-order valence-corrected chi connectivity index (χ2v) is 4.71. The van der Waals surface area contributed by atoms with Gasteiger partial charge in [0.1, 0.15) is 6.67 Å². The van der Waals surface area contributed by atoms with Gasteiger partial charge in [-0.25, -0.2) is 4.68 Å². The van der Waals surface area contributed by atoms with Gasteiger partial charge in [0.05, 0.1) is 11.6 Å². The normalized spacial score (nSPS) is 10.7. The van der Waals surface area contributed by atoms with Crippen molar-refractivity contribution >= 4 is 16.5 Å². The number of aromatic nitrogens is 2. The summed E-state index contributed by atoms with van der Waals surface area (Å²) in [6.45, 7) is 0.424. The van der Waals surface area contributed by atoms with Crippen molar-refractivity contribution in [2.75, 3.05) is 11.9 Å². The van der Waals surface area contributed by atoms with Crippen molar-refractivity contribution < 1.29 is 0 Å². The standard InChI is InChI=1S/C16H15N3O/c1-18(14-8-3-2-4-9-14)12-19-16(20)15-10-6-5-7-13(15)11-17-19/h2-11H,12H2,1H3. The van der Waals surface area contributed by atoms with Crippen LogP contribution in [0.25, 0.3) is 10.8 Å². The predicted octanol–water partition coefficient (Wildman–Crippen LogP) is 2.49. The van der Waals surface area contributed by atoms with Crippen molar-refractivity contribution in [3.05, 3.63) is 71.1 Å². The number of para-hydroxylation sites is 1. The van der Waals surface area contributed by atoms with Gasteiger partial charge >= 0.3 is 0 Å². The summed E-state index contributed by atoms with van der Waals surface area (Å²) < 4.78 is 1.48. The Morgan fingerprint density at radius 1 is 1.05 bits per heavy atom. The molecule has 3 rings (SSSR count). The molecule has 0 spiro atoms. The monoisotopic (exact) mass is 265 g/mol. The van der Waals surface area contributed by atoms with E-state index in [0.717, 1.165) is 11.1 Å². The van der Waals surface area contributed by atoms with Gasteiger partial charge in [-0.2, -0.15) is 5.10 Å². The van der Waals surface area contributed by atoms with E-state index in [1.54, 1.807) is 6.20 Å². The summed E-state index contributed by atoms with van der Waals surface area (Å²) in [5, 5.41) is 5.80. The Morgan fingerprint density at radius 2 is 1.75 bits per heavy atom. The van der Waals surface area contributed by atoms with Crippen LogP contribution < -0.4 is 10.5 Å². The molecule has 4 heteroatoms. The summed E-state index contributed by atoms with van der Waals surface area (Å²) in [6.07, 6.45) is 1.73. The maximum Gasteiger partial charge on any atom is 0.276 e. The highest BCUT2D eigenvalue weighted by Crippen LogP contribution is 2.12. The average molecular weight is 265 g/mol. The highest BCUT2D eigenvalue weighted by Gasteiger charge is 2.06. The minimum absolute atomic E-state index is 0.0640. The molecule has 0 saturated carbocycles. The Bertz CT molecular complexity index is 780.